The van der Waals surface area contributed by atoms with E-state index in [-0.39, 0.29) is 18.9 Å². The largest absolute Gasteiger partial charge is 0.469 e. The molecule has 0 aliphatic heterocycles. The highest BCUT2D eigenvalue weighted by atomic mass is 32.2. The van der Waals surface area contributed by atoms with Crippen molar-refractivity contribution >= 4 is 16.0 Å². The molecule has 0 aliphatic rings. The molecule has 0 bridgehead atoms. The molecule has 0 amide bonds. The van der Waals surface area contributed by atoms with E-state index >= 15 is 0 Å². The van der Waals surface area contributed by atoms with E-state index in [4.69, 9.17) is 0 Å². The molecule has 0 radical (unpaired) electrons. The SMILES string of the molecule is COC(=O)Cc1cccc(CN(Cc2ccc(C(C)C)cc2)S(C)(=O)=O)c1. The standard InChI is InChI=1S/C21H27NO4S/c1-16(2)20-10-8-17(9-11-20)14-22(27(4,24)25)15-19-7-5-6-18(12-19)13-21(23)26-3/h5-12,16H,13-15H2,1-4H3. The first-order valence-electron chi connectivity index (χ1n) is 8.87. The topological polar surface area (TPSA) is 63.7 Å². The van der Waals surface area contributed by atoms with Crippen LogP contribution in [0.5, 0.6) is 0 Å². The summed E-state index contributed by atoms with van der Waals surface area (Å²) in [6.45, 7) is 4.80. The Balaban J connectivity index is 2.18. The van der Waals surface area contributed by atoms with Crippen molar-refractivity contribution in [3.63, 3.8) is 0 Å². The van der Waals surface area contributed by atoms with Crippen molar-refractivity contribution in [1.29, 1.82) is 0 Å². The Bertz CT molecular complexity index is 873. The summed E-state index contributed by atoms with van der Waals surface area (Å²) < 4.78 is 30.7. The van der Waals surface area contributed by atoms with E-state index in [2.05, 4.69) is 18.6 Å². The average Bonchev–Trinajstić information content (AvgIpc) is 2.61. The van der Waals surface area contributed by atoms with Crippen LogP contribution in [-0.2, 0) is 39.1 Å². The molecule has 0 heterocycles. The van der Waals surface area contributed by atoms with E-state index in [1.807, 2.05) is 48.5 Å². The van der Waals surface area contributed by atoms with Crippen LogP contribution in [0.2, 0.25) is 0 Å². The summed E-state index contributed by atoms with van der Waals surface area (Å²) in [5.41, 5.74) is 3.80. The van der Waals surface area contributed by atoms with Crippen LogP contribution in [0.1, 0.15) is 42.0 Å². The predicted molar refractivity (Wildman–Crippen MR) is 107 cm³/mol. The molecule has 2 aromatic carbocycles. The molecule has 27 heavy (non-hydrogen) atoms. The molecule has 0 N–H and O–H groups in total. The number of hydrogen-bond acceptors (Lipinski definition) is 4. The first-order valence-corrected chi connectivity index (χ1v) is 10.7. The van der Waals surface area contributed by atoms with Crippen LogP contribution in [0.3, 0.4) is 0 Å². The van der Waals surface area contributed by atoms with E-state index in [9.17, 15) is 13.2 Å². The molecule has 0 atom stereocenters. The third kappa shape index (κ3) is 6.48. The van der Waals surface area contributed by atoms with Gasteiger partial charge in [-0.2, -0.15) is 4.31 Å². The fourth-order valence-electron chi connectivity index (χ4n) is 2.78. The van der Waals surface area contributed by atoms with Crippen molar-refractivity contribution in [2.24, 2.45) is 0 Å². The maximum atomic E-state index is 12.3. The molecule has 0 saturated heterocycles. The minimum atomic E-state index is -3.39. The lowest BCUT2D eigenvalue weighted by molar-refractivity contribution is -0.139. The van der Waals surface area contributed by atoms with Crippen LogP contribution in [0.25, 0.3) is 0 Å². The van der Waals surface area contributed by atoms with E-state index < -0.39 is 10.0 Å². The van der Waals surface area contributed by atoms with Crippen molar-refractivity contribution in [3.8, 4) is 0 Å². The van der Waals surface area contributed by atoms with Crippen LogP contribution in [-0.4, -0.2) is 32.1 Å². The Morgan fingerprint density at radius 1 is 1.00 bits per heavy atom. The number of nitrogens with zero attached hydrogens (tertiary/aromatic N) is 1. The van der Waals surface area contributed by atoms with Gasteiger partial charge in [0.25, 0.3) is 0 Å². The first-order chi connectivity index (χ1) is 12.7. The Hall–Kier alpha value is -2.18. The predicted octanol–water partition coefficient (Wildman–Crippen LogP) is 3.49. The lowest BCUT2D eigenvalue weighted by atomic mass is 10.0. The highest BCUT2D eigenvalue weighted by Crippen LogP contribution is 2.18. The first kappa shape index (κ1) is 21.1. The van der Waals surface area contributed by atoms with E-state index in [0.29, 0.717) is 12.5 Å². The summed E-state index contributed by atoms with van der Waals surface area (Å²) in [7, 11) is -2.04. The number of carbonyl (C=O) groups is 1. The molecule has 146 valence electrons. The second-order valence-corrected chi connectivity index (χ2v) is 8.98. The number of ether oxygens (including phenoxy) is 1. The summed E-state index contributed by atoms with van der Waals surface area (Å²) in [6, 6.07) is 15.4. The zero-order valence-electron chi connectivity index (χ0n) is 16.3. The fraction of sp³-hybridized carbons (Fsp3) is 0.381. The Morgan fingerprint density at radius 3 is 2.15 bits per heavy atom. The molecule has 5 nitrogen and oxygen atoms in total. The molecule has 2 aromatic rings. The molecule has 0 unspecified atom stereocenters. The van der Waals surface area contributed by atoms with Gasteiger partial charge in [-0.3, -0.25) is 4.79 Å². The van der Waals surface area contributed by atoms with E-state index in [1.165, 1.54) is 23.2 Å². The second-order valence-electron chi connectivity index (χ2n) is 7.00. The second kappa shape index (κ2) is 9.15. The van der Waals surface area contributed by atoms with Crippen molar-refractivity contribution in [1.82, 2.24) is 4.31 Å². The number of sulfonamides is 1. The van der Waals surface area contributed by atoms with Crippen molar-refractivity contribution in [2.45, 2.75) is 39.3 Å². The summed E-state index contributed by atoms with van der Waals surface area (Å²) >= 11 is 0. The third-order valence-electron chi connectivity index (χ3n) is 4.40. The van der Waals surface area contributed by atoms with Crippen molar-refractivity contribution < 1.29 is 17.9 Å². The quantitative estimate of drug-likeness (QED) is 0.649. The smallest absolute Gasteiger partial charge is 0.309 e. The van der Waals surface area contributed by atoms with Crippen LogP contribution in [0.4, 0.5) is 0 Å². The zero-order chi connectivity index (χ0) is 20.0. The molecule has 2 rings (SSSR count). The van der Waals surface area contributed by atoms with Crippen molar-refractivity contribution in [3.05, 3.63) is 70.8 Å². The van der Waals surface area contributed by atoms with Crippen LogP contribution >= 0.6 is 0 Å². The van der Waals surface area contributed by atoms with Gasteiger partial charge in [0.2, 0.25) is 10.0 Å². The number of methoxy groups -OCH3 is 1. The van der Waals surface area contributed by atoms with Gasteiger partial charge in [-0.1, -0.05) is 62.4 Å². The van der Waals surface area contributed by atoms with E-state index in [1.54, 1.807) is 0 Å². The molecule has 0 fully saturated rings. The number of benzene rings is 2. The average molecular weight is 390 g/mol. The molecule has 0 aliphatic carbocycles. The van der Waals surface area contributed by atoms with Gasteiger partial charge in [-0.25, -0.2) is 8.42 Å². The normalized spacial score (nSPS) is 11.8. The van der Waals surface area contributed by atoms with Gasteiger partial charge in [-0.15, -0.1) is 0 Å². The highest BCUT2D eigenvalue weighted by Gasteiger charge is 2.18. The minimum absolute atomic E-state index is 0.167. The Labute approximate surface area is 162 Å². The van der Waals surface area contributed by atoms with Gasteiger partial charge >= 0.3 is 5.97 Å². The number of carbonyl (C=O) groups excluding carboxylic acids is 1. The van der Waals surface area contributed by atoms with Gasteiger partial charge < -0.3 is 4.74 Å². The lowest BCUT2D eigenvalue weighted by Gasteiger charge is -2.21. The minimum Gasteiger partial charge on any atom is -0.469 e. The Kier molecular flexibility index (Phi) is 7.16. The lowest BCUT2D eigenvalue weighted by Crippen LogP contribution is -2.29. The maximum absolute atomic E-state index is 12.3. The maximum Gasteiger partial charge on any atom is 0.309 e. The van der Waals surface area contributed by atoms with Gasteiger partial charge in [0.1, 0.15) is 0 Å². The fourth-order valence-corrected chi connectivity index (χ4v) is 3.55. The van der Waals surface area contributed by atoms with Gasteiger partial charge in [0.05, 0.1) is 19.8 Å². The van der Waals surface area contributed by atoms with Crippen LogP contribution < -0.4 is 0 Å². The van der Waals surface area contributed by atoms with Crippen LogP contribution in [0.15, 0.2) is 48.5 Å². The van der Waals surface area contributed by atoms with Gasteiger partial charge in [0.15, 0.2) is 0 Å². The van der Waals surface area contributed by atoms with Gasteiger partial charge in [-0.05, 0) is 28.2 Å². The molecular weight excluding hydrogens is 362 g/mol. The van der Waals surface area contributed by atoms with Crippen molar-refractivity contribution in [2.75, 3.05) is 13.4 Å². The number of esters is 1. The third-order valence-corrected chi connectivity index (χ3v) is 5.60. The zero-order valence-corrected chi connectivity index (χ0v) is 17.1. The molecule has 0 saturated carbocycles. The Morgan fingerprint density at radius 2 is 1.59 bits per heavy atom. The molecule has 0 aromatic heterocycles. The number of hydrogen-bond donors (Lipinski definition) is 0. The molecule has 6 heteroatoms. The summed E-state index contributed by atoms with van der Waals surface area (Å²) in [4.78, 5) is 11.5. The van der Waals surface area contributed by atoms with Crippen LogP contribution in [0, 0.1) is 0 Å². The summed E-state index contributed by atoms with van der Waals surface area (Å²) in [5, 5.41) is 0. The summed E-state index contributed by atoms with van der Waals surface area (Å²) in [5.74, 6) is 0.111. The number of rotatable bonds is 8. The molecule has 0 spiro atoms. The highest BCUT2D eigenvalue weighted by molar-refractivity contribution is 7.88. The summed E-state index contributed by atoms with van der Waals surface area (Å²) in [6.07, 6.45) is 1.38. The van der Waals surface area contributed by atoms with E-state index in [0.717, 1.165) is 16.7 Å². The molecular formula is C21H27NO4S. The monoisotopic (exact) mass is 389 g/mol. The van der Waals surface area contributed by atoms with Gasteiger partial charge in [0, 0.05) is 13.1 Å².